The quantitative estimate of drug-likeness (QED) is 0.750. The first kappa shape index (κ1) is 18.1. The molecular formula is C17H33N3OS. The second-order valence-electron chi connectivity index (χ2n) is 7.20. The minimum Gasteiger partial charge on any atom is -0.356 e. The maximum absolute atomic E-state index is 12.0. The van der Waals surface area contributed by atoms with Crippen molar-refractivity contribution in [2.75, 3.05) is 44.2 Å². The number of nitrogens with one attached hydrogen (secondary N) is 2. The lowest BCUT2D eigenvalue weighted by Gasteiger charge is -2.32. The summed E-state index contributed by atoms with van der Waals surface area (Å²) in [5.41, 5.74) is 0. The third-order valence-electron chi connectivity index (χ3n) is 4.75. The fourth-order valence-electron chi connectivity index (χ4n) is 3.16. The lowest BCUT2D eigenvalue weighted by molar-refractivity contribution is -0.121. The molecule has 0 aliphatic carbocycles. The van der Waals surface area contributed by atoms with Crippen LogP contribution in [0.2, 0.25) is 0 Å². The second-order valence-corrected chi connectivity index (χ2v) is 8.35. The molecule has 0 aromatic carbocycles. The van der Waals surface area contributed by atoms with E-state index < -0.39 is 0 Å². The first-order chi connectivity index (χ1) is 10.6. The molecule has 22 heavy (non-hydrogen) atoms. The Morgan fingerprint density at radius 2 is 2.14 bits per heavy atom. The number of hydrogen-bond acceptors (Lipinski definition) is 4. The predicted octanol–water partition coefficient (Wildman–Crippen LogP) is 1.96. The second kappa shape index (κ2) is 9.78. The molecule has 2 rings (SSSR count). The van der Waals surface area contributed by atoms with Crippen molar-refractivity contribution in [1.29, 1.82) is 0 Å². The highest BCUT2D eigenvalue weighted by Gasteiger charge is 2.21. The van der Waals surface area contributed by atoms with Gasteiger partial charge < -0.3 is 15.5 Å². The van der Waals surface area contributed by atoms with E-state index in [2.05, 4.69) is 29.4 Å². The fourth-order valence-corrected chi connectivity index (χ4v) is 4.11. The average Bonchev–Trinajstić information content (AvgIpc) is 2.53. The molecule has 1 unspecified atom stereocenters. The molecule has 0 bridgehead atoms. The van der Waals surface area contributed by atoms with Gasteiger partial charge in [-0.15, -0.1) is 0 Å². The predicted molar refractivity (Wildman–Crippen MR) is 95.4 cm³/mol. The molecule has 2 N–H and O–H groups in total. The highest BCUT2D eigenvalue weighted by atomic mass is 32.2. The van der Waals surface area contributed by atoms with E-state index in [1.165, 1.54) is 44.6 Å². The summed E-state index contributed by atoms with van der Waals surface area (Å²) in [6, 6.07) is 0.372. The Kier molecular flexibility index (Phi) is 8.04. The Labute approximate surface area is 140 Å². The van der Waals surface area contributed by atoms with Crippen molar-refractivity contribution in [1.82, 2.24) is 15.5 Å². The number of carbonyl (C=O) groups excluding carboxylic acids is 1. The number of piperidine rings is 1. The van der Waals surface area contributed by atoms with Gasteiger partial charge in [0.25, 0.3) is 0 Å². The maximum atomic E-state index is 12.0. The summed E-state index contributed by atoms with van der Waals surface area (Å²) in [5.74, 6) is 3.94. The largest absolute Gasteiger partial charge is 0.356 e. The van der Waals surface area contributed by atoms with Crippen molar-refractivity contribution in [2.24, 2.45) is 11.8 Å². The molecule has 0 aromatic rings. The summed E-state index contributed by atoms with van der Waals surface area (Å²) in [4.78, 5) is 14.6. The van der Waals surface area contributed by atoms with E-state index >= 15 is 0 Å². The first-order valence-electron chi connectivity index (χ1n) is 8.93. The Hall–Kier alpha value is -0.260. The molecule has 2 fully saturated rings. The van der Waals surface area contributed by atoms with Crippen molar-refractivity contribution in [2.45, 2.75) is 45.6 Å². The smallest absolute Gasteiger partial charge is 0.221 e. The molecule has 0 aromatic heterocycles. The highest BCUT2D eigenvalue weighted by Crippen LogP contribution is 2.17. The van der Waals surface area contributed by atoms with E-state index in [4.69, 9.17) is 0 Å². The van der Waals surface area contributed by atoms with Crippen LogP contribution in [0.5, 0.6) is 0 Å². The average molecular weight is 328 g/mol. The van der Waals surface area contributed by atoms with Gasteiger partial charge in [-0.1, -0.05) is 13.8 Å². The molecule has 0 spiro atoms. The van der Waals surface area contributed by atoms with Gasteiger partial charge in [-0.2, -0.15) is 11.8 Å². The third-order valence-corrected chi connectivity index (χ3v) is 5.88. The Bertz CT molecular complexity index is 324. The lowest BCUT2D eigenvalue weighted by atomic mass is 9.96. The molecule has 1 atom stereocenters. The highest BCUT2D eigenvalue weighted by molar-refractivity contribution is 7.99. The van der Waals surface area contributed by atoms with Gasteiger partial charge in [0.1, 0.15) is 0 Å². The molecule has 2 aliphatic rings. The van der Waals surface area contributed by atoms with Crippen LogP contribution < -0.4 is 10.6 Å². The first-order valence-corrected chi connectivity index (χ1v) is 10.1. The van der Waals surface area contributed by atoms with Crippen molar-refractivity contribution < 1.29 is 4.79 Å². The number of nitrogens with zero attached hydrogens (tertiary/aromatic N) is 1. The molecule has 2 saturated heterocycles. The van der Waals surface area contributed by atoms with Gasteiger partial charge in [-0.25, -0.2) is 0 Å². The number of likely N-dealkylation sites (tertiary alicyclic amines) is 1. The fraction of sp³-hybridized carbons (Fsp3) is 0.941. The summed E-state index contributed by atoms with van der Waals surface area (Å²) >= 11 is 1.95. The van der Waals surface area contributed by atoms with Gasteiger partial charge in [0.2, 0.25) is 5.91 Å². The number of amides is 1. The SMILES string of the molecule is CC(C)CCN1CCC(CNC(=O)CC2CSCCN2)CC1. The van der Waals surface area contributed by atoms with Gasteiger partial charge >= 0.3 is 0 Å². The molecule has 2 aliphatic heterocycles. The van der Waals surface area contributed by atoms with Crippen molar-refractivity contribution in [3.05, 3.63) is 0 Å². The third kappa shape index (κ3) is 6.88. The standard InChI is InChI=1S/C17H33N3OS/c1-14(2)3-7-20-8-4-15(5-9-20)12-19-17(21)11-16-13-22-10-6-18-16/h14-16,18H,3-13H2,1-2H3,(H,19,21). The zero-order valence-electron chi connectivity index (χ0n) is 14.3. The van der Waals surface area contributed by atoms with E-state index in [0.29, 0.717) is 18.4 Å². The Morgan fingerprint density at radius 3 is 2.77 bits per heavy atom. The Morgan fingerprint density at radius 1 is 1.36 bits per heavy atom. The molecule has 5 heteroatoms. The summed E-state index contributed by atoms with van der Waals surface area (Å²) < 4.78 is 0. The van der Waals surface area contributed by atoms with Crippen LogP contribution in [0.4, 0.5) is 0 Å². The summed E-state index contributed by atoms with van der Waals surface area (Å²) in [5, 5.41) is 6.59. The van der Waals surface area contributed by atoms with Gasteiger partial charge in [0.15, 0.2) is 0 Å². The number of rotatable bonds is 7. The van der Waals surface area contributed by atoms with E-state index in [-0.39, 0.29) is 5.91 Å². The van der Waals surface area contributed by atoms with Crippen LogP contribution >= 0.6 is 11.8 Å². The molecule has 1 amide bonds. The lowest BCUT2D eigenvalue weighted by Crippen LogP contribution is -2.43. The number of thioether (sulfide) groups is 1. The van der Waals surface area contributed by atoms with Crippen LogP contribution in [0.25, 0.3) is 0 Å². The summed E-state index contributed by atoms with van der Waals surface area (Å²) in [6.45, 7) is 10.1. The van der Waals surface area contributed by atoms with Gasteiger partial charge in [0.05, 0.1) is 0 Å². The monoisotopic (exact) mass is 327 g/mol. The molecule has 0 radical (unpaired) electrons. The number of carbonyl (C=O) groups is 1. The zero-order valence-corrected chi connectivity index (χ0v) is 15.1. The summed E-state index contributed by atoms with van der Waals surface area (Å²) in [6.07, 6.45) is 4.40. The van der Waals surface area contributed by atoms with Crippen LogP contribution in [-0.4, -0.2) is 61.1 Å². The van der Waals surface area contributed by atoms with Crippen LogP contribution in [0, 0.1) is 11.8 Å². The van der Waals surface area contributed by atoms with Gasteiger partial charge in [-0.05, 0) is 50.7 Å². The topological polar surface area (TPSA) is 44.4 Å². The van der Waals surface area contributed by atoms with Crippen molar-refractivity contribution >= 4 is 17.7 Å². The summed E-state index contributed by atoms with van der Waals surface area (Å²) in [7, 11) is 0. The minimum absolute atomic E-state index is 0.224. The van der Waals surface area contributed by atoms with Crippen LogP contribution in [-0.2, 0) is 4.79 Å². The van der Waals surface area contributed by atoms with Crippen molar-refractivity contribution in [3.8, 4) is 0 Å². The van der Waals surface area contributed by atoms with Crippen LogP contribution in [0.3, 0.4) is 0 Å². The van der Waals surface area contributed by atoms with E-state index in [1.807, 2.05) is 11.8 Å². The Balaban J connectivity index is 1.55. The minimum atomic E-state index is 0.224. The normalized spacial score (nSPS) is 24.6. The maximum Gasteiger partial charge on any atom is 0.221 e. The van der Waals surface area contributed by atoms with E-state index in [1.54, 1.807) is 0 Å². The van der Waals surface area contributed by atoms with Gasteiger partial charge in [-0.3, -0.25) is 4.79 Å². The molecule has 2 heterocycles. The van der Waals surface area contributed by atoms with E-state index in [9.17, 15) is 4.79 Å². The molecule has 4 nitrogen and oxygen atoms in total. The number of hydrogen-bond donors (Lipinski definition) is 2. The van der Waals surface area contributed by atoms with Gasteiger partial charge in [0, 0.05) is 37.1 Å². The van der Waals surface area contributed by atoms with Crippen LogP contribution in [0.15, 0.2) is 0 Å². The van der Waals surface area contributed by atoms with Crippen molar-refractivity contribution in [3.63, 3.8) is 0 Å². The van der Waals surface area contributed by atoms with E-state index in [0.717, 1.165) is 24.8 Å². The van der Waals surface area contributed by atoms with Crippen LogP contribution in [0.1, 0.15) is 39.5 Å². The molecular weight excluding hydrogens is 294 g/mol. The zero-order chi connectivity index (χ0) is 15.8. The molecule has 0 saturated carbocycles. The molecule has 128 valence electrons.